The van der Waals surface area contributed by atoms with Crippen LogP contribution in [0, 0.1) is 0 Å². The summed E-state index contributed by atoms with van der Waals surface area (Å²) in [5.41, 5.74) is 0. The maximum atomic E-state index is 12.4. The van der Waals surface area contributed by atoms with E-state index >= 15 is 0 Å². The van der Waals surface area contributed by atoms with Gasteiger partial charge in [-0.3, -0.25) is 9.35 Å². The van der Waals surface area contributed by atoms with Crippen LogP contribution >= 0.6 is 0 Å². The SMILES string of the molecule is CCCC/C=C\CCCCCC(O)C(=O)NC(CS(=O)(=O)O)C(O)CCCCCCCCCC. The number of aliphatic hydroxyl groups is 2. The van der Waals surface area contributed by atoms with Crippen LogP contribution in [-0.4, -0.2) is 53.1 Å². The second-order valence-electron chi connectivity index (χ2n) is 9.46. The molecule has 0 saturated carbocycles. The minimum absolute atomic E-state index is 0.276. The largest absolute Gasteiger partial charge is 0.391 e. The molecule has 0 radical (unpaired) electrons. The smallest absolute Gasteiger partial charge is 0.266 e. The molecule has 0 spiro atoms. The van der Waals surface area contributed by atoms with Crippen LogP contribution in [0.4, 0.5) is 0 Å². The summed E-state index contributed by atoms with van der Waals surface area (Å²) in [6, 6.07) is -1.14. The lowest BCUT2D eigenvalue weighted by atomic mass is 10.0. The number of rotatable bonds is 23. The van der Waals surface area contributed by atoms with Crippen molar-refractivity contribution in [1.82, 2.24) is 5.32 Å². The van der Waals surface area contributed by atoms with Crippen molar-refractivity contribution >= 4 is 16.0 Å². The molecule has 0 aliphatic carbocycles. The molecular formula is C26H51NO6S. The van der Waals surface area contributed by atoms with Crippen molar-refractivity contribution in [2.24, 2.45) is 0 Å². The highest BCUT2D eigenvalue weighted by molar-refractivity contribution is 7.85. The molecule has 0 aliphatic heterocycles. The zero-order chi connectivity index (χ0) is 25.7. The summed E-state index contributed by atoms with van der Waals surface area (Å²) in [5.74, 6) is -1.48. The van der Waals surface area contributed by atoms with Crippen LogP contribution < -0.4 is 5.32 Å². The van der Waals surface area contributed by atoms with Gasteiger partial charge in [-0.05, 0) is 32.1 Å². The fraction of sp³-hybridized carbons (Fsp3) is 0.885. The van der Waals surface area contributed by atoms with Crippen molar-refractivity contribution in [3.05, 3.63) is 12.2 Å². The van der Waals surface area contributed by atoms with Crippen LogP contribution in [0.1, 0.15) is 123 Å². The van der Waals surface area contributed by atoms with Gasteiger partial charge in [-0.1, -0.05) is 103 Å². The molecule has 0 aromatic rings. The Bertz CT molecular complexity index is 623. The highest BCUT2D eigenvalue weighted by atomic mass is 32.2. The molecule has 0 aromatic carbocycles. The standard InChI is InChI=1S/C26H51NO6S/c1-3-5-7-9-11-13-15-17-19-21-25(29)26(30)27-23(22-34(31,32)33)24(28)20-18-16-14-12-10-8-6-4-2/h9,11,23-25,28-29H,3-8,10,12-22H2,1-2H3,(H,27,30)(H,31,32,33)/b11-9-. The van der Waals surface area contributed by atoms with Gasteiger partial charge in [-0.25, -0.2) is 0 Å². The number of amides is 1. The number of hydrogen-bond acceptors (Lipinski definition) is 5. The quantitative estimate of drug-likeness (QED) is 0.0847. The zero-order valence-electron chi connectivity index (χ0n) is 21.6. The first-order valence-electron chi connectivity index (χ1n) is 13.5. The molecule has 7 nitrogen and oxygen atoms in total. The van der Waals surface area contributed by atoms with Gasteiger partial charge in [0.1, 0.15) is 6.10 Å². The van der Waals surface area contributed by atoms with Gasteiger partial charge in [0, 0.05) is 0 Å². The summed E-state index contributed by atoms with van der Waals surface area (Å²) >= 11 is 0. The third-order valence-electron chi connectivity index (χ3n) is 6.08. The first-order chi connectivity index (χ1) is 16.2. The molecule has 0 fully saturated rings. The third-order valence-corrected chi connectivity index (χ3v) is 6.86. The maximum absolute atomic E-state index is 12.4. The predicted molar refractivity (Wildman–Crippen MR) is 139 cm³/mol. The molecular weight excluding hydrogens is 454 g/mol. The minimum Gasteiger partial charge on any atom is -0.391 e. The zero-order valence-corrected chi connectivity index (χ0v) is 22.4. The molecule has 1 amide bonds. The summed E-state index contributed by atoms with van der Waals surface area (Å²) < 4.78 is 32.0. The van der Waals surface area contributed by atoms with E-state index in [2.05, 4.69) is 31.3 Å². The number of carbonyl (C=O) groups is 1. The number of hydrogen-bond donors (Lipinski definition) is 4. The second kappa shape index (κ2) is 21.3. The average Bonchev–Trinajstić information content (AvgIpc) is 2.78. The lowest BCUT2D eigenvalue weighted by molar-refractivity contribution is -0.131. The fourth-order valence-corrected chi connectivity index (χ4v) is 4.67. The highest BCUT2D eigenvalue weighted by Crippen LogP contribution is 2.14. The summed E-state index contributed by atoms with van der Waals surface area (Å²) in [6.07, 6.45) is 18.4. The Morgan fingerprint density at radius 1 is 0.765 bits per heavy atom. The van der Waals surface area contributed by atoms with Gasteiger partial charge in [0.05, 0.1) is 17.9 Å². The minimum atomic E-state index is -4.39. The molecule has 8 heteroatoms. The number of nitrogens with one attached hydrogen (secondary N) is 1. The van der Waals surface area contributed by atoms with Crippen molar-refractivity contribution in [2.75, 3.05) is 5.75 Å². The summed E-state index contributed by atoms with van der Waals surface area (Å²) in [5, 5.41) is 23.0. The summed E-state index contributed by atoms with van der Waals surface area (Å²) in [6.45, 7) is 4.34. The normalized spacial score (nSPS) is 14.9. The lowest BCUT2D eigenvalue weighted by Gasteiger charge is -2.24. The number of allylic oxidation sites excluding steroid dienone is 2. The van der Waals surface area contributed by atoms with Crippen molar-refractivity contribution in [2.45, 2.75) is 141 Å². The van der Waals surface area contributed by atoms with Crippen LogP contribution in [0.15, 0.2) is 12.2 Å². The van der Waals surface area contributed by atoms with E-state index in [1.165, 1.54) is 38.5 Å². The summed E-state index contributed by atoms with van der Waals surface area (Å²) in [4.78, 5) is 12.4. The van der Waals surface area contributed by atoms with Crippen molar-refractivity contribution in [3.63, 3.8) is 0 Å². The van der Waals surface area contributed by atoms with E-state index in [0.717, 1.165) is 44.9 Å². The van der Waals surface area contributed by atoms with Gasteiger partial charge in [0.15, 0.2) is 0 Å². The molecule has 0 rings (SSSR count). The van der Waals surface area contributed by atoms with Gasteiger partial charge in [-0.2, -0.15) is 8.42 Å². The monoisotopic (exact) mass is 505 g/mol. The first-order valence-corrected chi connectivity index (χ1v) is 15.1. The highest BCUT2D eigenvalue weighted by Gasteiger charge is 2.28. The van der Waals surface area contributed by atoms with Crippen molar-refractivity contribution in [1.29, 1.82) is 0 Å². The van der Waals surface area contributed by atoms with Gasteiger partial charge in [0.25, 0.3) is 10.1 Å². The van der Waals surface area contributed by atoms with Crippen LogP contribution in [0.25, 0.3) is 0 Å². The van der Waals surface area contributed by atoms with E-state index < -0.39 is 40.0 Å². The Balaban J connectivity index is 4.31. The maximum Gasteiger partial charge on any atom is 0.266 e. The van der Waals surface area contributed by atoms with E-state index in [-0.39, 0.29) is 6.42 Å². The van der Waals surface area contributed by atoms with E-state index in [1.54, 1.807) is 0 Å². The molecule has 0 aromatic heterocycles. The van der Waals surface area contributed by atoms with Crippen LogP contribution in [-0.2, 0) is 14.9 Å². The van der Waals surface area contributed by atoms with Crippen molar-refractivity contribution in [3.8, 4) is 0 Å². The Morgan fingerprint density at radius 2 is 1.26 bits per heavy atom. The van der Waals surface area contributed by atoms with E-state index in [1.807, 2.05) is 0 Å². The Kier molecular flexibility index (Phi) is 20.7. The van der Waals surface area contributed by atoms with Gasteiger partial charge >= 0.3 is 0 Å². The Morgan fingerprint density at radius 3 is 1.85 bits per heavy atom. The number of aliphatic hydroxyl groups excluding tert-OH is 2. The van der Waals surface area contributed by atoms with Crippen molar-refractivity contribution < 1.29 is 28.0 Å². The lowest BCUT2D eigenvalue weighted by Crippen LogP contribution is -2.50. The Labute approximate surface area is 208 Å². The van der Waals surface area contributed by atoms with E-state index in [0.29, 0.717) is 19.3 Å². The molecule has 3 atom stereocenters. The molecule has 3 unspecified atom stereocenters. The van der Waals surface area contributed by atoms with Crippen LogP contribution in [0.5, 0.6) is 0 Å². The van der Waals surface area contributed by atoms with Crippen LogP contribution in [0.2, 0.25) is 0 Å². The summed E-state index contributed by atoms with van der Waals surface area (Å²) in [7, 11) is -4.39. The van der Waals surface area contributed by atoms with Crippen LogP contribution in [0.3, 0.4) is 0 Å². The second-order valence-corrected chi connectivity index (χ2v) is 11.0. The molecule has 0 saturated heterocycles. The van der Waals surface area contributed by atoms with E-state index in [4.69, 9.17) is 0 Å². The molecule has 0 bridgehead atoms. The van der Waals surface area contributed by atoms with E-state index in [9.17, 15) is 28.0 Å². The first kappa shape index (κ1) is 33.0. The molecule has 4 N–H and O–H groups in total. The topological polar surface area (TPSA) is 124 Å². The molecule has 202 valence electrons. The molecule has 0 heterocycles. The number of carbonyl (C=O) groups excluding carboxylic acids is 1. The van der Waals surface area contributed by atoms with Gasteiger partial charge in [-0.15, -0.1) is 0 Å². The third kappa shape index (κ3) is 20.4. The number of unbranched alkanes of at least 4 members (excludes halogenated alkanes) is 12. The predicted octanol–water partition coefficient (Wildman–Crippen LogP) is 5.31. The molecule has 0 aliphatic rings. The van der Waals surface area contributed by atoms with Gasteiger partial charge < -0.3 is 15.5 Å². The average molecular weight is 506 g/mol. The molecule has 34 heavy (non-hydrogen) atoms. The Hall–Kier alpha value is -0.960. The van der Waals surface area contributed by atoms with Gasteiger partial charge in [0.2, 0.25) is 5.91 Å². The fourth-order valence-electron chi connectivity index (χ4n) is 3.91.